The number of carbonyl (C=O) groups excluding carboxylic acids is 1. The van der Waals surface area contributed by atoms with Crippen LogP contribution in [0.2, 0.25) is 0 Å². The normalized spacial score (nSPS) is 16.0. The molecule has 0 N–H and O–H groups in total. The van der Waals surface area contributed by atoms with Gasteiger partial charge in [0, 0.05) is 6.42 Å². The summed E-state index contributed by atoms with van der Waals surface area (Å²) in [6.45, 7) is 5.50. The lowest BCUT2D eigenvalue weighted by Crippen LogP contribution is -2.04. The third kappa shape index (κ3) is 1.76. The van der Waals surface area contributed by atoms with Gasteiger partial charge in [-0.3, -0.25) is 0 Å². The molecule has 0 unspecified atom stereocenters. The van der Waals surface area contributed by atoms with Gasteiger partial charge in [-0.15, -0.1) is 0 Å². The SMILES string of the molecule is [CH+]=C1C=C(C(=O)OC)C=CC1. The Bertz CT molecular complexity index is 246. The van der Waals surface area contributed by atoms with E-state index in [2.05, 4.69) is 4.74 Å². The van der Waals surface area contributed by atoms with Crippen LogP contribution in [0.3, 0.4) is 0 Å². The first-order valence-electron chi connectivity index (χ1n) is 3.32. The van der Waals surface area contributed by atoms with Crippen LogP contribution >= 0.6 is 0 Å². The smallest absolute Gasteiger partial charge is 0.358 e. The predicted molar refractivity (Wildman–Crippen MR) is 41.7 cm³/mol. The van der Waals surface area contributed by atoms with Crippen LogP contribution in [0, 0.1) is 6.58 Å². The minimum atomic E-state index is -0.344. The minimum absolute atomic E-state index is 0.344. The maximum Gasteiger partial charge on any atom is 0.358 e. The Balaban J connectivity index is 2.79. The number of esters is 1. The fourth-order valence-corrected chi connectivity index (χ4v) is 0.874. The Morgan fingerprint density at radius 2 is 2.45 bits per heavy atom. The van der Waals surface area contributed by atoms with Gasteiger partial charge in [-0.1, -0.05) is 6.08 Å². The minimum Gasteiger partial charge on any atom is -0.464 e. The molecule has 0 radical (unpaired) electrons. The van der Waals surface area contributed by atoms with Crippen LogP contribution in [-0.2, 0) is 9.53 Å². The number of methoxy groups -OCH3 is 1. The van der Waals surface area contributed by atoms with Gasteiger partial charge >= 0.3 is 5.97 Å². The van der Waals surface area contributed by atoms with Crippen LogP contribution in [0.1, 0.15) is 6.42 Å². The largest absolute Gasteiger partial charge is 0.464 e. The second kappa shape index (κ2) is 3.13. The molecular formula is C9H9O2+. The van der Waals surface area contributed by atoms with Gasteiger partial charge < -0.3 is 4.74 Å². The lowest BCUT2D eigenvalue weighted by molar-refractivity contribution is -0.135. The summed E-state index contributed by atoms with van der Waals surface area (Å²) < 4.78 is 4.51. The molecule has 1 aliphatic carbocycles. The topological polar surface area (TPSA) is 26.3 Å². The van der Waals surface area contributed by atoms with Gasteiger partial charge in [-0.2, -0.15) is 0 Å². The molecule has 0 heterocycles. The van der Waals surface area contributed by atoms with E-state index < -0.39 is 0 Å². The van der Waals surface area contributed by atoms with Gasteiger partial charge in [0.2, 0.25) is 0 Å². The highest BCUT2D eigenvalue weighted by atomic mass is 16.5. The van der Waals surface area contributed by atoms with Gasteiger partial charge in [0.05, 0.1) is 19.8 Å². The number of hydrogen-bond donors (Lipinski definition) is 0. The van der Waals surface area contributed by atoms with Gasteiger partial charge in [-0.05, 0) is 6.08 Å². The molecule has 0 saturated heterocycles. The molecule has 2 nitrogen and oxygen atoms in total. The van der Waals surface area contributed by atoms with Crippen LogP contribution < -0.4 is 0 Å². The lowest BCUT2D eigenvalue weighted by atomic mass is 10.0. The highest BCUT2D eigenvalue weighted by Crippen LogP contribution is 2.14. The first-order chi connectivity index (χ1) is 5.24. The van der Waals surface area contributed by atoms with Crippen molar-refractivity contribution in [1.82, 2.24) is 0 Å². The molecule has 0 fully saturated rings. The van der Waals surface area contributed by atoms with E-state index in [9.17, 15) is 4.79 Å². The molecule has 0 atom stereocenters. The van der Waals surface area contributed by atoms with Crippen molar-refractivity contribution < 1.29 is 9.53 Å². The first-order valence-corrected chi connectivity index (χ1v) is 3.32. The zero-order valence-corrected chi connectivity index (χ0v) is 6.33. The molecule has 0 bridgehead atoms. The standard InChI is InChI=1S/C9H9O2/c1-7-4-3-5-8(6-7)9(10)11-2/h1,3,5-6H,4H2,2H3/q+1. The number of carbonyl (C=O) groups is 1. The van der Waals surface area contributed by atoms with Crippen molar-refractivity contribution in [2.45, 2.75) is 6.42 Å². The Kier molecular flexibility index (Phi) is 2.19. The summed E-state index contributed by atoms with van der Waals surface area (Å²) in [4.78, 5) is 10.9. The molecule has 56 valence electrons. The highest BCUT2D eigenvalue weighted by molar-refractivity contribution is 5.92. The summed E-state index contributed by atoms with van der Waals surface area (Å²) in [5, 5.41) is 0. The molecule has 0 aromatic heterocycles. The molecule has 0 spiro atoms. The van der Waals surface area contributed by atoms with Crippen molar-refractivity contribution in [2.75, 3.05) is 7.11 Å². The van der Waals surface area contributed by atoms with Crippen molar-refractivity contribution in [3.63, 3.8) is 0 Å². The molecule has 0 amide bonds. The number of allylic oxidation sites excluding steroid dienone is 3. The summed E-state index contributed by atoms with van der Waals surface area (Å²) >= 11 is 0. The number of rotatable bonds is 1. The number of hydrogen-bond acceptors (Lipinski definition) is 2. The van der Waals surface area contributed by atoms with E-state index in [-0.39, 0.29) is 5.97 Å². The van der Waals surface area contributed by atoms with Crippen molar-refractivity contribution in [1.29, 1.82) is 0 Å². The van der Waals surface area contributed by atoms with Gasteiger partial charge in [0.15, 0.2) is 5.57 Å². The molecule has 1 aliphatic rings. The lowest BCUT2D eigenvalue weighted by Gasteiger charge is -1.98. The van der Waals surface area contributed by atoms with E-state index >= 15 is 0 Å². The Morgan fingerprint density at radius 3 is 3.00 bits per heavy atom. The summed E-state index contributed by atoms with van der Waals surface area (Å²) in [6, 6.07) is 0. The molecule has 1 rings (SSSR count). The molecule has 2 heteroatoms. The fourth-order valence-electron chi connectivity index (χ4n) is 0.874. The molecule has 11 heavy (non-hydrogen) atoms. The second-order valence-corrected chi connectivity index (χ2v) is 2.27. The molecular weight excluding hydrogens is 140 g/mol. The van der Waals surface area contributed by atoms with E-state index in [0.717, 1.165) is 0 Å². The molecule has 0 saturated carbocycles. The zero-order chi connectivity index (χ0) is 8.27. The predicted octanol–water partition coefficient (Wildman–Crippen LogP) is 1.41. The van der Waals surface area contributed by atoms with Crippen LogP contribution in [0.15, 0.2) is 29.4 Å². The fraction of sp³-hybridized carbons (Fsp3) is 0.222. The summed E-state index contributed by atoms with van der Waals surface area (Å²) in [6.07, 6.45) is 5.89. The summed E-state index contributed by atoms with van der Waals surface area (Å²) in [5.74, 6) is -0.344. The summed E-state index contributed by atoms with van der Waals surface area (Å²) in [7, 11) is 1.35. The van der Waals surface area contributed by atoms with Crippen LogP contribution in [0.4, 0.5) is 0 Å². The van der Waals surface area contributed by atoms with Crippen LogP contribution in [0.25, 0.3) is 0 Å². The van der Waals surface area contributed by atoms with E-state index in [4.69, 9.17) is 6.58 Å². The quantitative estimate of drug-likeness (QED) is 0.416. The van der Waals surface area contributed by atoms with Crippen molar-refractivity contribution in [3.05, 3.63) is 36.0 Å². The van der Waals surface area contributed by atoms with Crippen molar-refractivity contribution >= 4 is 5.97 Å². The molecule has 0 aliphatic heterocycles. The average molecular weight is 149 g/mol. The Hall–Kier alpha value is -1.40. The maximum atomic E-state index is 10.9. The van der Waals surface area contributed by atoms with E-state index in [0.29, 0.717) is 17.6 Å². The third-order valence-corrected chi connectivity index (χ3v) is 1.41. The maximum absolute atomic E-state index is 10.9. The zero-order valence-electron chi connectivity index (χ0n) is 6.33. The molecule has 0 aromatic rings. The average Bonchev–Trinajstić information content (AvgIpc) is 2.03. The summed E-state index contributed by atoms with van der Waals surface area (Å²) in [5.41, 5.74) is 1.20. The van der Waals surface area contributed by atoms with Crippen LogP contribution in [-0.4, -0.2) is 13.1 Å². The van der Waals surface area contributed by atoms with E-state index in [1.165, 1.54) is 7.11 Å². The van der Waals surface area contributed by atoms with Gasteiger partial charge in [0.25, 0.3) is 0 Å². The van der Waals surface area contributed by atoms with Crippen molar-refractivity contribution in [2.24, 2.45) is 0 Å². The van der Waals surface area contributed by atoms with E-state index in [1.807, 2.05) is 6.08 Å². The first kappa shape index (κ1) is 7.70. The van der Waals surface area contributed by atoms with Gasteiger partial charge in [0.1, 0.15) is 5.57 Å². The molecule has 0 aromatic carbocycles. The van der Waals surface area contributed by atoms with Gasteiger partial charge in [-0.25, -0.2) is 4.79 Å². The second-order valence-electron chi connectivity index (χ2n) is 2.27. The van der Waals surface area contributed by atoms with E-state index in [1.54, 1.807) is 12.2 Å². The Morgan fingerprint density at radius 1 is 1.73 bits per heavy atom. The number of ether oxygens (including phenoxy) is 1. The Labute approximate surface area is 65.9 Å². The van der Waals surface area contributed by atoms with Crippen LogP contribution in [0.5, 0.6) is 0 Å². The monoisotopic (exact) mass is 149 g/mol. The third-order valence-electron chi connectivity index (χ3n) is 1.41. The van der Waals surface area contributed by atoms with Crippen molar-refractivity contribution in [3.8, 4) is 0 Å². The highest BCUT2D eigenvalue weighted by Gasteiger charge is 2.15.